The molecule has 2 N–H and O–H groups in total. The van der Waals surface area contributed by atoms with E-state index in [1.165, 1.54) is 4.88 Å². The third-order valence-corrected chi connectivity index (χ3v) is 4.64. The Balaban J connectivity index is 2.38. The molecule has 19 heavy (non-hydrogen) atoms. The van der Waals surface area contributed by atoms with Crippen molar-refractivity contribution in [2.75, 3.05) is 7.11 Å². The smallest absolute Gasteiger partial charge is 0.133 e. The SMILES string of the molecule is CCCc1nc(-c2ccc(OC)c(Br)c2)sc1CN. The third-order valence-electron chi connectivity index (χ3n) is 2.85. The Kier molecular flexibility index (Phi) is 4.96. The van der Waals surface area contributed by atoms with E-state index in [4.69, 9.17) is 15.5 Å². The molecule has 0 spiro atoms. The maximum atomic E-state index is 5.79. The summed E-state index contributed by atoms with van der Waals surface area (Å²) < 4.78 is 6.18. The van der Waals surface area contributed by atoms with Crippen LogP contribution in [0.1, 0.15) is 23.9 Å². The molecule has 1 heterocycles. The Labute approximate surface area is 125 Å². The first kappa shape index (κ1) is 14.5. The fourth-order valence-electron chi connectivity index (χ4n) is 1.90. The van der Waals surface area contributed by atoms with Crippen LogP contribution in [-0.2, 0) is 13.0 Å². The zero-order chi connectivity index (χ0) is 13.8. The second kappa shape index (κ2) is 6.50. The van der Waals surface area contributed by atoms with Crippen LogP contribution in [0.4, 0.5) is 0 Å². The molecule has 2 aromatic rings. The van der Waals surface area contributed by atoms with Gasteiger partial charge in [0.05, 0.1) is 17.3 Å². The average Bonchev–Trinajstić information content (AvgIpc) is 2.82. The summed E-state index contributed by atoms with van der Waals surface area (Å²) in [7, 11) is 1.66. The lowest BCUT2D eigenvalue weighted by Gasteiger charge is -2.04. The van der Waals surface area contributed by atoms with Gasteiger partial charge < -0.3 is 10.5 Å². The highest BCUT2D eigenvalue weighted by molar-refractivity contribution is 9.10. The third kappa shape index (κ3) is 3.16. The van der Waals surface area contributed by atoms with E-state index < -0.39 is 0 Å². The monoisotopic (exact) mass is 340 g/mol. The van der Waals surface area contributed by atoms with Gasteiger partial charge in [-0.25, -0.2) is 4.98 Å². The predicted molar refractivity (Wildman–Crippen MR) is 83.7 cm³/mol. The van der Waals surface area contributed by atoms with E-state index in [-0.39, 0.29) is 0 Å². The number of ether oxygens (including phenoxy) is 1. The van der Waals surface area contributed by atoms with Crippen molar-refractivity contribution in [2.24, 2.45) is 5.73 Å². The number of aryl methyl sites for hydroxylation is 1. The van der Waals surface area contributed by atoms with E-state index in [1.54, 1.807) is 18.4 Å². The van der Waals surface area contributed by atoms with E-state index in [9.17, 15) is 0 Å². The molecule has 1 aromatic carbocycles. The Hall–Kier alpha value is -0.910. The topological polar surface area (TPSA) is 48.1 Å². The standard InChI is InChI=1S/C14H17BrN2OS/c1-3-4-11-13(8-16)19-14(17-11)9-5-6-12(18-2)10(15)7-9/h5-7H,3-4,8,16H2,1-2H3. The van der Waals surface area contributed by atoms with Gasteiger partial charge in [-0.2, -0.15) is 0 Å². The van der Waals surface area contributed by atoms with E-state index in [0.717, 1.165) is 39.3 Å². The molecule has 0 aliphatic heterocycles. The molecular weight excluding hydrogens is 324 g/mol. The van der Waals surface area contributed by atoms with Gasteiger partial charge >= 0.3 is 0 Å². The van der Waals surface area contributed by atoms with Crippen LogP contribution >= 0.6 is 27.3 Å². The minimum Gasteiger partial charge on any atom is -0.496 e. The first-order valence-electron chi connectivity index (χ1n) is 6.22. The molecule has 0 unspecified atom stereocenters. The molecule has 0 saturated heterocycles. The number of benzene rings is 1. The lowest BCUT2D eigenvalue weighted by Crippen LogP contribution is -1.97. The molecule has 0 radical (unpaired) electrons. The van der Waals surface area contributed by atoms with Crippen molar-refractivity contribution in [1.82, 2.24) is 4.98 Å². The van der Waals surface area contributed by atoms with Crippen molar-refractivity contribution in [1.29, 1.82) is 0 Å². The summed E-state index contributed by atoms with van der Waals surface area (Å²) in [6, 6.07) is 6.01. The molecule has 0 fully saturated rings. The number of hydrogen-bond acceptors (Lipinski definition) is 4. The molecule has 0 atom stereocenters. The van der Waals surface area contributed by atoms with E-state index in [1.807, 2.05) is 18.2 Å². The normalized spacial score (nSPS) is 10.7. The molecule has 3 nitrogen and oxygen atoms in total. The number of halogens is 1. The fraction of sp³-hybridized carbons (Fsp3) is 0.357. The molecule has 0 amide bonds. The predicted octanol–water partition coefficient (Wildman–Crippen LogP) is 3.99. The quantitative estimate of drug-likeness (QED) is 0.894. The molecule has 102 valence electrons. The van der Waals surface area contributed by atoms with Crippen LogP contribution in [0.3, 0.4) is 0 Å². The minimum absolute atomic E-state index is 0.560. The van der Waals surface area contributed by atoms with Gasteiger partial charge in [0.1, 0.15) is 10.8 Å². The lowest BCUT2D eigenvalue weighted by molar-refractivity contribution is 0.412. The Morgan fingerprint density at radius 2 is 2.21 bits per heavy atom. The maximum absolute atomic E-state index is 5.79. The molecule has 1 aromatic heterocycles. The largest absolute Gasteiger partial charge is 0.496 e. The van der Waals surface area contributed by atoms with E-state index >= 15 is 0 Å². The number of methoxy groups -OCH3 is 1. The Morgan fingerprint density at radius 1 is 1.42 bits per heavy atom. The van der Waals surface area contributed by atoms with Crippen LogP contribution in [0.5, 0.6) is 5.75 Å². The summed E-state index contributed by atoms with van der Waals surface area (Å²) in [4.78, 5) is 5.90. The molecular formula is C14H17BrN2OS. The molecule has 5 heteroatoms. The summed E-state index contributed by atoms with van der Waals surface area (Å²) >= 11 is 5.18. The Morgan fingerprint density at radius 3 is 2.79 bits per heavy atom. The van der Waals surface area contributed by atoms with Gasteiger partial charge in [-0.1, -0.05) is 13.3 Å². The van der Waals surface area contributed by atoms with Crippen LogP contribution in [0.2, 0.25) is 0 Å². The number of nitrogens with two attached hydrogens (primary N) is 1. The van der Waals surface area contributed by atoms with Gasteiger partial charge in [-0.15, -0.1) is 11.3 Å². The van der Waals surface area contributed by atoms with Crippen molar-refractivity contribution < 1.29 is 4.74 Å². The fourth-order valence-corrected chi connectivity index (χ4v) is 3.42. The highest BCUT2D eigenvalue weighted by atomic mass is 79.9. The summed E-state index contributed by atoms with van der Waals surface area (Å²) in [5, 5.41) is 1.02. The number of aromatic nitrogens is 1. The van der Waals surface area contributed by atoms with Gasteiger partial charge in [-0.3, -0.25) is 0 Å². The number of hydrogen-bond donors (Lipinski definition) is 1. The van der Waals surface area contributed by atoms with Gasteiger partial charge in [0, 0.05) is 17.0 Å². The lowest BCUT2D eigenvalue weighted by atomic mass is 10.2. The summed E-state index contributed by atoms with van der Waals surface area (Å²) in [6.45, 7) is 2.72. The summed E-state index contributed by atoms with van der Waals surface area (Å²) in [5.41, 5.74) is 8.02. The average molecular weight is 341 g/mol. The highest BCUT2D eigenvalue weighted by Crippen LogP contribution is 2.33. The Bertz CT molecular complexity index is 569. The van der Waals surface area contributed by atoms with Gasteiger partial charge in [-0.05, 0) is 40.5 Å². The zero-order valence-electron chi connectivity index (χ0n) is 11.1. The maximum Gasteiger partial charge on any atom is 0.133 e. The van der Waals surface area contributed by atoms with Gasteiger partial charge in [0.15, 0.2) is 0 Å². The van der Waals surface area contributed by atoms with Crippen molar-refractivity contribution in [3.8, 4) is 16.3 Å². The van der Waals surface area contributed by atoms with Gasteiger partial charge in [0.2, 0.25) is 0 Å². The second-order valence-corrected chi connectivity index (χ2v) is 6.13. The molecule has 0 aliphatic rings. The van der Waals surface area contributed by atoms with E-state index in [2.05, 4.69) is 22.9 Å². The zero-order valence-corrected chi connectivity index (χ0v) is 13.5. The summed E-state index contributed by atoms with van der Waals surface area (Å²) in [6.07, 6.45) is 2.07. The highest BCUT2D eigenvalue weighted by Gasteiger charge is 2.12. The van der Waals surface area contributed by atoms with Crippen LogP contribution in [0, 0.1) is 0 Å². The van der Waals surface area contributed by atoms with Crippen LogP contribution in [0.15, 0.2) is 22.7 Å². The van der Waals surface area contributed by atoms with Crippen molar-refractivity contribution in [3.05, 3.63) is 33.2 Å². The van der Waals surface area contributed by atoms with Crippen molar-refractivity contribution in [2.45, 2.75) is 26.3 Å². The molecule has 0 saturated carbocycles. The van der Waals surface area contributed by atoms with Crippen molar-refractivity contribution in [3.63, 3.8) is 0 Å². The minimum atomic E-state index is 0.560. The van der Waals surface area contributed by atoms with E-state index in [0.29, 0.717) is 6.54 Å². The molecule has 0 bridgehead atoms. The molecule has 0 aliphatic carbocycles. The summed E-state index contributed by atoms with van der Waals surface area (Å²) in [5.74, 6) is 0.827. The number of thiazole rings is 1. The molecule has 2 rings (SSSR count). The van der Waals surface area contributed by atoms with Crippen LogP contribution < -0.4 is 10.5 Å². The van der Waals surface area contributed by atoms with Crippen LogP contribution in [0.25, 0.3) is 10.6 Å². The first-order valence-corrected chi connectivity index (χ1v) is 7.83. The van der Waals surface area contributed by atoms with Crippen LogP contribution in [-0.4, -0.2) is 12.1 Å². The second-order valence-electron chi connectivity index (χ2n) is 4.19. The van der Waals surface area contributed by atoms with Gasteiger partial charge in [0.25, 0.3) is 0 Å². The van der Waals surface area contributed by atoms with Crippen molar-refractivity contribution >= 4 is 27.3 Å². The first-order chi connectivity index (χ1) is 9.19. The number of nitrogens with zero attached hydrogens (tertiary/aromatic N) is 1. The number of rotatable bonds is 5.